The highest BCUT2D eigenvalue weighted by Gasteiger charge is 2.09. The molecule has 4 aromatic rings. The average molecular weight is 359 g/mol. The summed E-state index contributed by atoms with van der Waals surface area (Å²) in [6.45, 7) is 0.415. The number of rotatable bonds is 6. The van der Waals surface area contributed by atoms with E-state index in [0.29, 0.717) is 13.0 Å². The Morgan fingerprint density at radius 1 is 1.15 bits per heavy atom. The van der Waals surface area contributed by atoms with Crippen LogP contribution >= 0.6 is 0 Å². The lowest BCUT2D eigenvalue weighted by atomic mass is 10.1. The predicted octanol–water partition coefficient (Wildman–Crippen LogP) is 2.74. The van der Waals surface area contributed by atoms with Crippen LogP contribution in [0.15, 0.2) is 61.1 Å². The molecule has 0 spiro atoms. The zero-order chi connectivity index (χ0) is 18.6. The summed E-state index contributed by atoms with van der Waals surface area (Å²) >= 11 is 0. The van der Waals surface area contributed by atoms with Gasteiger partial charge in [-0.25, -0.2) is 4.98 Å². The second-order valence-electron chi connectivity index (χ2n) is 6.55. The van der Waals surface area contributed by atoms with Crippen LogP contribution in [0, 0.1) is 0 Å². The van der Waals surface area contributed by atoms with Gasteiger partial charge in [0.25, 0.3) is 0 Å². The zero-order valence-electron chi connectivity index (χ0n) is 14.8. The van der Waals surface area contributed by atoms with Crippen molar-refractivity contribution in [1.29, 1.82) is 0 Å². The van der Waals surface area contributed by atoms with Gasteiger partial charge in [-0.2, -0.15) is 0 Å². The number of para-hydroxylation sites is 1. The molecule has 4 rings (SSSR count). The Kier molecular flexibility index (Phi) is 4.72. The second kappa shape index (κ2) is 7.47. The molecule has 6 nitrogen and oxygen atoms in total. The zero-order valence-corrected chi connectivity index (χ0v) is 14.8. The van der Waals surface area contributed by atoms with Crippen molar-refractivity contribution in [3.63, 3.8) is 0 Å². The summed E-state index contributed by atoms with van der Waals surface area (Å²) in [6.07, 6.45) is 9.55. The monoisotopic (exact) mass is 359 g/mol. The molecular formula is C21H21N5O. The van der Waals surface area contributed by atoms with E-state index in [2.05, 4.69) is 26.3 Å². The molecule has 0 radical (unpaired) electrons. The molecule has 0 aliphatic heterocycles. The molecule has 0 aliphatic carbocycles. The topological polar surface area (TPSA) is 99.6 Å². The van der Waals surface area contributed by atoms with E-state index in [1.54, 1.807) is 12.3 Å². The van der Waals surface area contributed by atoms with Crippen molar-refractivity contribution in [2.24, 2.45) is 5.73 Å². The third-order valence-corrected chi connectivity index (χ3v) is 4.59. The number of H-pyrrole nitrogens is 2. The largest absolute Gasteiger partial charge is 0.361 e. The molecule has 1 atom stereocenters. The van der Waals surface area contributed by atoms with Gasteiger partial charge in [0.2, 0.25) is 5.91 Å². The van der Waals surface area contributed by atoms with E-state index in [1.165, 1.54) is 11.5 Å². The fourth-order valence-corrected chi connectivity index (χ4v) is 3.23. The predicted molar refractivity (Wildman–Crippen MR) is 108 cm³/mol. The first kappa shape index (κ1) is 17.1. The molecule has 136 valence electrons. The molecule has 0 unspecified atom stereocenters. The van der Waals surface area contributed by atoms with E-state index in [4.69, 9.17) is 5.73 Å². The van der Waals surface area contributed by atoms with E-state index in [0.717, 1.165) is 27.7 Å². The highest BCUT2D eigenvalue weighted by atomic mass is 16.1. The molecule has 0 saturated heterocycles. The Morgan fingerprint density at radius 3 is 2.93 bits per heavy atom. The van der Waals surface area contributed by atoms with Crippen LogP contribution in [0.1, 0.15) is 11.1 Å². The van der Waals surface area contributed by atoms with E-state index in [-0.39, 0.29) is 11.9 Å². The van der Waals surface area contributed by atoms with Gasteiger partial charge in [0.15, 0.2) is 0 Å². The van der Waals surface area contributed by atoms with E-state index in [1.807, 2.05) is 42.7 Å². The van der Waals surface area contributed by atoms with Crippen LogP contribution in [0.4, 0.5) is 0 Å². The number of nitrogens with zero attached hydrogens (tertiary/aromatic N) is 1. The van der Waals surface area contributed by atoms with Crippen molar-refractivity contribution in [3.8, 4) is 0 Å². The fraction of sp³-hybridized carbons (Fsp3) is 0.143. The molecule has 0 aliphatic rings. The van der Waals surface area contributed by atoms with Gasteiger partial charge in [-0.05, 0) is 36.3 Å². The number of amides is 1. The first-order valence-corrected chi connectivity index (χ1v) is 8.89. The van der Waals surface area contributed by atoms with Crippen LogP contribution in [0.3, 0.4) is 0 Å². The minimum absolute atomic E-state index is 0.154. The third kappa shape index (κ3) is 3.75. The maximum atomic E-state index is 12.1. The molecule has 1 amide bonds. The number of aromatic amines is 2. The van der Waals surface area contributed by atoms with Gasteiger partial charge in [-0.3, -0.25) is 4.79 Å². The fourth-order valence-electron chi connectivity index (χ4n) is 3.23. The lowest BCUT2D eigenvalue weighted by molar-refractivity contribution is -0.116. The van der Waals surface area contributed by atoms with Crippen molar-refractivity contribution in [2.45, 2.75) is 12.5 Å². The minimum Gasteiger partial charge on any atom is -0.361 e. The molecule has 0 saturated carbocycles. The molecule has 0 bridgehead atoms. The maximum Gasteiger partial charge on any atom is 0.244 e. The number of aromatic nitrogens is 3. The summed E-state index contributed by atoms with van der Waals surface area (Å²) in [5.41, 5.74) is 10.2. The summed E-state index contributed by atoms with van der Waals surface area (Å²) in [5, 5.41) is 5.02. The van der Waals surface area contributed by atoms with Crippen molar-refractivity contribution in [2.75, 3.05) is 6.54 Å². The third-order valence-electron chi connectivity index (χ3n) is 4.59. The number of nitrogens with one attached hydrogen (secondary N) is 3. The average Bonchev–Trinajstić information content (AvgIpc) is 3.29. The smallest absolute Gasteiger partial charge is 0.244 e. The molecular weight excluding hydrogens is 338 g/mol. The quantitative estimate of drug-likeness (QED) is 0.398. The number of benzene rings is 1. The highest BCUT2D eigenvalue weighted by Crippen LogP contribution is 2.19. The van der Waals surface area contributed by atoms with Gasteiger partial charge >= 0.3 is 0 Å². The van der Waals surface area contributed by atoms with Crippen LogP contribution in [0.5, 0.6) is 0 Å². The van der Waals surface area contributed by atoms with Crippen molar-refractivity contribution >= 4 is 33.9 Å². The van der Waals surface area contributed by atoms with Gasteiger partial charge in [-0.1, -0.05) is 18.2 Å². The number of carbonyl (C=O) groups is 1. The molecule has 6 heteroatoms. The summed E-state index contributed by atoms with van der Waals surface area (Å²) in [7, 11) is 0. The van der Waals surface area contributed by atoms with Crippen LogP contribution < -0.4 is 11.1 Å². The lowest BCUT2D eigenvalue weighted by Crippen LogP contribution is -2.37. The molecule has 3 heterocycles. The SMILES string of the molecule is N[C@@H](CNC(=O)C=Cc1c[nH]c2ncccc12)Cc1c[nH]c2ccccc12. The van der Waals surface area contributed by atoms with E-state index < -0.39 is 0 Å². The van der Waals surface area contributed by atoms with E-state index >= 15 is 0 Å². The number of fused-ring (bicyclic) bond motifs is 2. The highest BCUT2D eigenvalue weighted by molar-refractivity contribution is 5.95. The van der Waals surface area contributed by atoms with Crippen molar-refractivity contribution < 1.29 is 4.79 Å². The maximum absolute atomic E-state index is 12.1. The summed E-state index contributed by atoms with van der Waals surface area (Å²) in [5.74, 6) is -0.164. The van der Waals surface area contributed by atoms with Crippen LogP contribution in [-0.4, -0.2) is 33.4 Å². The normalized spacial score (nSPS) is 12.8. The molecule has 3 aromatic heterocycles. The Bertz CT molecular complexity index is 1110. The van der Waals surface area contributed by atoms with Gasteiger partial charge < -0.3 is 21.0 Å². The molecule has 1 aromatic carbocycles. The Hall–Kier alpha value is -3.38. The Balaban J connectivity index is 1.33. The molecule has 27 heavy (non-hydrogen) atoms. The number of hydrogen-bond acceptors (Lipinski definition) is 3. The van der Waals surface area contributed by atoms with Gasteiger partial charge in [0.05, 0.1) is 0 Å². The number of nitrogens with two attached hydrogens (primary N) is 1. The van der Waals surface area contributed by atoms with Crippen LogP contribution in [0.25, 0.3) is 28.0 Å². The molecule has 5 N–H and O–H groups in total. The summed E-state index contributed by atoms with van der Waals surface area (Å²) in [6, 6.07) is 11.8. The second-order valence-corrected chi connectivity index (χ2v) is 6.55. The first-order valence-electron chi connectivity index (χ1n) is 8.89. The van der Waals surface area contributed by atoms with Crippen LogP contribution in [-0.2, 0) is 11.2 Å². The number of pyridine rings is 1. The Labute approximate surface area is 156 Å². The summed E-state index contributed by atoms with van der Waals surface area (Å²) < 4.78 is 0. The van der Waals surface area contributed by atoms with Gasteiger partial charge in [0.1, 0.15) is 5.65 Å². The summed E-state index contributed by atoms with van der Waals surface area (Å²) in [4.78, 5) is 22.7. The van der Waals surface area contributed by atoms with Crippen molar-refractivity contribution in [3.05, 3.63) is 72.2 Å². The number of carbonyl (C=O) groups excluding carboxylic acids is 1. The van der Waals surface area contributed by atoms with Gasteiger partial charge in [-0.15, -0.1) is 0 Å². The van der Waals surface area contributed by atoms with Gasteiger partial charge in [0, 0.05) is 59.1 Å². The minimum atomic E-state index is -0.164. The standard InChI is InChI=1S/C21H21N5O/c22-16(10-15-12-24-19-6-2-1-4-17(15)19)13-25-20(27)8-7-14-11-26-21-18(14)5-3-9-23-21/h1-9,11-12,16,24H,10,13,22H2,(H,23,26)(H,25,27)/t16-/m1/s1. The molecule has 0 fully saturated rings. The van der Waals surface area contributed by atoms with Crippen molar-refractivity contribution in [1.82, 2.24) is 20.3 Å². The first-order chi connectivity index (χ1) is 13.2. The van der Waals surface area contributed by atoms with E-state index in [9.17, 15) is 4.79 Å². The Morgan fingerprint density at radius 2 is 2.00 bits per heavy atom. The van der Waals surface area contributed by atoms with Crippen LogP contribution in [0.2, 0.25) is 0 Å². The lowest BCUT2D eigenvalue weighted by Gasteiger charge is -2.11. The number of hydrogen-bond donors (Lipinski definition) is 4.